The first-order valence-electron chi connectivity index (χ1n) is 9.89. The summed E-state index contributed by atoms with van der Waals surface area (Å²) in [5.74, 6) is 1.56. The van der Waals surface area contributed by atoms with Gasteiger partial charge in [0.1, 0.15) is 22.7 Å². The van der Waals surface area contributed by atoms with Crippen LogP contribution in [0.5, 0.6) is 5.75 Å². The Balaban J connectivity index is 1.75. The van der Waals surface area contributed by atoms with Crippen molar-refractivity contribution in [2.75, 3.05) is 13.7 Å². The van der Waals surface area contributed by atoms with E-state index in [9.17, 15) is 4.79 Å². The molecule has 0 saturated carbocycles. The molecule has 0 spiro atoms. The fourth-order valence-electron chi connectivity index (χ4n) is 3.49. The number of carbonyl (C=O) groups excluding carboxylic acids is 1. The fourth-order valence-corrected chi connectivity index (χ4v) is 3.73. The van der Waals surface area contributed by atoms with Gasteiger partial charge in [0.2, 0.25) is 0 Å². The van der Waals surface area contributed by atoms with Gasteiger partial charge in [0.05, 0.1) is 36.4 Å². The number of ether oxygens (including phenoxy) is 2. The lowest BCUT2D eigenvalue weighted by atomic mass is 10.1. The summed E-state index contributed by atoms with van der Waals surface area (Å²) in [7, 11) is 1.59. The zero-order valence-corrected chi connectivity index (χ0v) is 18.2. The highest BCUT2D eigenvalue weighted by Crippen LogP contribution is 2.39. The Labute approximate surface area is 184 Å². The quantitative estimate of drug-likeness (QED) is 0.411. The molecule has 0 saturated heterocycles. The molecule has 0 aliphatic rings. The van der Waals surface area contributed by atoms with E-state index < -0.39 is 0 Å². The van der Waals surface area contributed by atoms with E-state index in [0.717, 1.165) is 17.0 Å². The van der Waals surface area contributed by atoms with E-state index in [-0.39, 0.29) is 12.4 Å². The number of hydrogen-bond acceptors (Lipinski definition) is 6. The Morgan fingerprint density at radius 2 is 2.10 bits per heavy atom. The smallest absolute Gasteiger partial charge is 0.306 e. The Morgan fingerprint density at radius 3 is 2.81 bits per heavy atom. The van der Waals surface area contributed by atoms with E-state index in [1.54, 1.807) is 32.5 Å². The van der Waals surface area contributed by atoms with Crippen LogP contribution in [0, 0.1) is 6.92 Å². The van der Waals surface area contributed by atoms with Gasteiger partial charge in [-0.15, -0.1) is 0 Å². The van der Waals surface area contributed by atoms with Crippen molar-refractivity contribution in [3.63, 3.8) is 0 Å². The average Bonchev–Trinajstić information content (AvgIpc) is 3.37. The molecule has 0 bridgehead atoms. The number of aromatic amines is 2. The van der Waals surface area contributed by atoms with E-state index in [2.05, 4.69) is 19.9 Å². The van der Waals surface area contributed by atoms with Gasteiger partial charge < -0.3 is 19.4 Å². The Morgan fingerprint density at radius 1 is 1.26 bits per heavy atom. The van der Waals surface area contributed by atoms with Crippen molar-refractivity contribution < 1.29 is 14.3 Å². The van der Waals surface area contributed by atoms with E-state index in [0.29, 0.717) is 52.0 Å². The minimum absolute atomic E-state index is 0.228. The van der Waals surface area contributed by atoms with Gasteiger partial charge in [-0.05, 0) is 32.0 Å². The lowest BCUT2D eigenvalue weighted by Crippen LogP contribution is -2.05. The predicted molar refractivity (Wildman–Crippen MR) is 118 cm³/mol. The van der Waals surface area contributed by atoms with Gasteiger partial charge in [-0.1, -0.05) is 11.6 Å². The van der Waals surface area contributed by atoms with E-state index >= 15 is 0 Å². The number of fused-ring (bicyclic) bond motifs is 1. The number of benzene rings is 1. The molecule has 0 aliphatic carbocycles. The molecule has 1 aromatic carbocycles. The number of carbonyl (C=O) groups is 1. The summed E-state index contributed by atoms with van der Waals surface area (Å²) in [4.78, 5) is 31.7. The molecule has 160 valence electrons. The molecule has 9 heteroatoms. The zero-order valence-electron chi connectivity index (χ0n) is 17.5. The maximum atomic E-state index is 11.7. The predicted octanol–water partition coefficient (Wildman–Crippen LogP) is 4.48. The number of nitrogens with zero attached hydrogens (tertiary/aromatic N) is 3. The second-order valence-electron chi connectivity index (χ2n) is 6.95. The summed E-state index contributed by atoms with van der Waals surface area (Å²) in [6, 6.07) is 5.61. The highest BCUT2D eigenvalue weighted by molar-refractivity contribution is 6.35. The molecular weight excluding hydrogens is 418 g/mol. The van der Waals surface area contributed by atoms with Crippen LogP contribution in [0.25, 0.3) is 33.7 Å². The van der Waals surface area contributed by atoms with Crippen LogP contribution in [0.2, 0.25) is 5.02 Å². The van der Waals surface area contributed by atoms with Crippen molar-refractivity contribution in [3.05, 3.63) is 47.1 Å². The summed E-state index contributed by atoms with van der Waals surface area (Å²) < 4.78 is 10.7. The number of methoxy groups -OCH3 is 1. The summed E-state index contributed by atoms with van der Waals surface area (Å²) in [5, 5.41) is 0.460. The van der Waals surface area contributed by atoms with Crippen molar-refractivity contribution in [1.82, 2.24) is 24.9 Å². The first kappa shape index (κ1) is 20.9. The lowest BCUT2D eigenvalue weighted by Gasteiger charge is -2.08. The van der Waals surface area contributed by atoms with E-state index in [1.165, 1.54) is 0 Å². The fraction of sp³-hybridized carbons (Fsp3) is 0.273. The number of pyridine rings is 1. The molecule has 0 radical (unpaired) electrons. The molecule has 0 fully saturated rings. The normalized spacial score (nSPS) is 11.1. The number of imidazole rings is 2. The molecule has 3 heterocycles. The lowest BCUT2D eigenvalue weighted by molar-refractivity contribution is -0.143. The van der Waals surface area contributed by atoms with Crippen molar-refractivity contribution >= 4 is 28.6 Å². The monoisotopic (exact) mass is 439 g/mol. The van der Waals surface area contributed by atoms with Gasteiger partial charge in [-0.3, -0.25) is 9.78 Å². The van der Waals surface area contributed by atoms with Crippen LogP contribution in [-0.2, 0) is 16.0 Å². The van der Waals surface area contributed by atoms with Gasteiger partial charge in [0.25, 0.3) is 0 Å². The number of esters is 1. The van der Waals surface area contributed by atoms with Crippen LogP contribution in [0.3, 0.4) is 0 Å². The molecule has 0 unspecified atom stereocenters. The third-order valence-corrected chi connectivity index (χ3v) is 5.16. The molecule has 0 amide bonds. The third kappa shape index (κ3) is 4.11. The molecular formula is C22H22ClN5O3. The number of halogens is 1. The van der Waals surface area contributed by atoms with Gasteiger partial charge in [-0.2, -0.15) is 0 Å². The topological polar surface area (TPSA) is 106 Å². The molecule has 4 rings (SSSR count). The number of aryl methyl sites for hydroxylation is 2. The third-order valence-electron chi connectivity index (χ3n) is 4.87. The van der Waals surface area contributed by atoms with Crippen LogP contribution >= 0.6 is 11.6 Å². The summed E-state index contributed by atoms with van der Waals surface area (Å²) in [6.07, 6.45) is 4.13. The molecule has 3 aromatic heterocycles. The summed E-state index contributed by atoms with van der Waals surface area (Å²) in [5.41, 5.74) is 4.56. The van der Waals surface area contributed by atoms with E-state index in [4.69, 9.17) is 26.1 Å². The number of hydrogen-bond donors (Lipinski definition) is 2. The number of aromatic nitrogens is 5. The second kappa shape index (κ2) is 8.77. The van der Waals surface area contributed by atoms with Crippen molar-refractivity contribution in [2.45, 2.75) is 26.7 Å². The molecule has 4 aromatic rings. The Hall–Kier alpha value is -3.39. The molecule has 0 aliphatic heterocycles. The molecule has 8 nitrogen and oxygen atoms in total. The largest absolute Gasteiger partial charge is 0.494 e. The molecule has 2 N–H and O–H groups in total. The minimum atomic E-state index is -0.268. The highest BCUT2D eigenvalue weighted by Gasteiger charge is 2.21. The Kier molecular flexibility index (Phi) is 5.90. The van der Waals surface area contributed by atoms with Gasteiger partial charge in [0, 0.05) is 30.1 Å². The van der Waals surface area contributed by atoms with Crippen molar-refractivity contribution in [2.24, 2.45) is 0 Å². The molecule has 31 heavy (non-hydrogen) atoms. The van der Waals surface area contributed by atoms with Crippen LogP contribution in [0.15, 0.2) is 30.6 Å². The number of rotatable bonds is 7. The summed E-state index contributed by atoms with van der Waals surface area (Å²) >= 11 is 6.55. The number of nitrogens with one attached hydrogen (secondary N) is 2. The maximum absolute atomic E-state index is 11.7. The average molecular weight is 440 g/mol. The SMILES string of the molecule is CCOC(=O)CCc1nc2c(Cl)cc(-c3nc(-c4cccnc4)c(C)[nH]3)c(OC)c2[nH]1. The van der Waals surface area contributed by atoms with Gasteiger partial charge in [0.15, 0.2) is 5.75 Å². The maximum Gasteiger partial charge on any atom is 0.306 e. The first-order chi connectivity index (χ1) is 15.0. The van der Waals surface area contributed by atoms with Crippen LogP contribution < -0.4 is 4.74 Å². The standard InChI is InChI=1S/C22H22ClN5O3/c1-4-31-17(29)8-7-16-26-19-15(23)10-14(21(30-3)20(19)27-16)22-25-12(2)18(28-22)13-6-5-9-24-11-13/h5-6,9-11H,4,7-8H2,1-3H3,(H,25,28)(H,26,27). The van der Waals surface area contributed by atoms with Crippen LogP contribution in [-0.4, -0.2) is 44.6 Å². The molecule has 0 atom stereocenters. The summed E-state index contributed by atoms with van der Waals surface area (Å²) in [6.45, 7) is 4.09. The van der Waals surface area contributed by atoms with Crippen LogP contribution in [0.1, 0.15) is 24.9 Å². The van der Waals surface area contributed by atoms with Crippen molar-refractivity contribution in [1.29, 1.82) is 0 Å². The highest BCUT2D eigenvalue weighted by atomic mass is 35.5. The second-order valence-corrected chi connectivity index (χ2v) is 7.36. The zero-order chi connectivity index (χ0) is 22.0. The van der Waals surface area contributed by atoms with Gasteiger partial charge >= 0.3 is 5.97 Å². The van der Waals surface area contributed by atoms with E-state index in [1.807, 2.05) is 19.1 Å². The first-order valence-corrected chi connectivity index (χ1v) is 10.3. The van der Waals surface area contributed by atoms with Gasteiger partial charge in [-0.25, -0.2) is 9.97 Å². The minimum Gasteiger partial charge on any atom is -0.494 e. The number of H-pyrrole nitrogens is 2. The Bertz CT molecular complexity index is 1230. The van der Waals surface area contributed by atoms with Crippen LogP contribution in [0.4, 0.5) is 0 Å². The van der Waals surface area contributed by atoms with Crippen molar-refractivity contribution in [3.8, 4) is 28.4 Å².